The van der Waals surface area contributed by atoms with Gasteiger partial charge in [-0.05, 0) is 20.0 Å². The third-order valence-corrected chi connectivity index (χ3v) is 2.99. The van der Waals surface area contributed by atoms with Crippen LogP contribution in [0.25, 0.3) is 0 Å². The Hall–Kier alpha value is -0.470. The largest absolute Gasteiger partial charge is 0.480 e. The molecule has 0 aromatic heterocycles. The smallest absolute Gasteiger partial charge is 0.320 e. The molecule has 5 heteroatoms. The van der Waals surface area contributed by atoms with Gasteiger partial charge in [0.2, 0.25) is 0 Å². The summed E-state index contributed by atoms with van der Waals surface area (Å²) >= 11 is 0. The predicted molar refractivity (Wildman–Crippen MR) is 48.9 cm³/mol. The molecular formula is C7H14NO3P. The molecule has 0 bridgehead atoms. The number of aliphatic carboxylic acids is 1. The fraction of sp³-hybridized carbons (Fsp3) is 0.714. The van der Waals surface area contributed by atoms with Gasteiger partial charge in [-0.3, -0.25) is 9.59 Å². The molecular weight excluding hydrogens is 177 g/mol. The van der Waals surface area contributed by atoms with Crippen LogP contribution in [0.3, 0.4) is 0 Å². The molecule has 12 heavy (non-hydrogen) atoms. The lowest BCUT2D eigenvalue weighted by Crippen LogP contribution is -2.34. The van der Waals surface area contributed by atoms with E-state index in [9.17, 15) is 9.59 Å². The van der Waals surface area contributed by atoms with Crippen LogP contribution in [0.5, 0.6) is 0 Å². The van der Waals surface area contributed by atoms with Crippen LogP contribution in [0, 0.1) is 0 Å². The Morgan fingerprint density at radius 3 is 2.33 bits per heavy atom. The zero-order chi connectivity index (χ0) is 9.72. The number of carboxylic acid groups (broad SMARTS) is 1. The SMILES string of the molecule is CPC(CC(N)C(=O)O)C(C)=O. The maximum Gasteiger partial charge on any atom is 0.320 e. The summed E-state index contributed by atoms with van der Waals surface area (Å²) in [6.45, 7) is 3.34. The highest BCUT2D eigenvalue weighted by molar-refractivity contribution is 7.39. The Labute approximate surface area is 73.3 Å². The van der Waals surface area contributed by atoms with E-state index in [4.69, 9.17) is 10.8 Å². The lowest BCUT2D eigenvalue weighted by Gasteiger charge is -2.13. The summed E-state index contributed by atoms with van der Waals surface area (Å²) < 4.78 is 0. The van der Waals surface area contributed by atoms with Gasteiger partial charge in [0.25, 0.3) is 0 Å². The molecule has 4 nitrogen and oxygen atoms in total. The molecule has 0 aliphatic carbocycles. The number of nitrogens with two attached hydrogens (primary N) is 1. The molecule has 0 aliphatic heterocycles. The molecule has 0 rings (SSSR count). The molecule has 3 unspecified atom stereocenters. The van der Waals surface area contributed by atoms with Crippen LogP contribution < -0.4 is 5.73 Å². The summed E-state index contributed by atoms with van der Waals surface area (Å²) in [5, 5.41) is 8.47. The van der Waals surface area contributed by atoms with Gasteiger partial charge < -0.3 is 10.8 Å². The lowest BCUT2D eigenvalue weighted by molar-refractivity contribution is -0.138. The molecule has 0 fully saturated rings. The van der Waals surface area contributed by atoms with Crippen molar-refractivity contribution in [2.45, 2.75) is 25.0 Å². The van der Waals surface area contributed by atoms with E-state index in [-0.39, 0.29) is 17.9 Å². The topological polar surface area (TPSA) is 80.4 Å². The number of rotatable bonds is 5. The van der Waals surface area contributed by atoms with Crippen LogP contribution in [0.1, 0.15) is 13.3 Å². The second-order valence-electron chi connectivity index (χ2n) is 2.63. The van der Waals surface area contributed by atoms with Gasteiger partial charge >= 0.3 is 5.97 Å². The van der Waals surface area contributed by atoms with E-state index < -0.39 is 12.0 Å². The van der Waals surface area contributed by atoms with Crippen molar-refractivity contribution >= 4 is 20.3 Å². The summed E-state index contributed by atoms with van der Waals surface area (Å²) in [5.74, 6) is -1.02. The zero-order valence-electron chi connectivity index (χ0n) is 7.20. The van der Waals surface area contributed by atoms with E-state index in [1.807, 2.05) is 6.66 Å². The van der Waals surface area contributed by atoms with Crippen LogP contribution in [0.15, 0.2) is 0 Å². The minimum atomic E-state index is -1.04. The minimum Gasteiger partial charge on any atom is -0.480 e. The van der Waals surface area contributed by atoms with Gasteiger partial charge in [0.1, 0.15) is 11.8 Å². The molecule has 3 atom stereocenters. The van der Waals surface area contributed by atoms with E-state index in [2.05, 4.69) is 0 Å². The Kier molecular flexibility index (Phi) is 5.02. The van der Waals surface area contributed by atoms with Crippen LogP contribution >= 0.6 is 8.58 Å². The number of hydrogen-bond acceptors (Lipinski definition) is 3. The molecule has 0 spiro atoms. The first-order chi connectivity index (χ1) is 5.49. The average molecular weight is 191 g/mol. The van der Waals surface area contributed by atoms with Gasteiger partial charge in [-0.25, -0.2) is 0 Å². The maximum atomic E-state index is 10.9. The maximum absolute atomic E-state index is 10.9. The zero-order valence-corrected chi connectivity index (χ0v) is 8.20. The molecule has 0 amide bonds. The summed E-state index contributed by atoms with van der Waals surface area (Å²) in [7, 11) is 0.422. The standard InChI is InChI=1S/C7H14NO3P/c1-4(9)6(12-2)3-5(8)7(10)11/h5-6,12H,3,8H2,1-2H3,(H,10,11). The molecule has 0 saturated carbocycles. The van der Waals surface area contributed by atoms with E-state index in [0.29, 0.717) is 8.58 Å². The first-order valence-electron chi connectivity index (χ1n) is 3.65. The van der Waals surface area contributed by atoms with Gasteiger partial charge in [0.05, 0.1) is 0 Å². The van der Waals surface area contributed by atoms with E-state index in [1.165, 1.54) is 6.92 Å². The fourth-order valence-electron chi connectivity index (χ4n) is 0.842. The fourth-order valence-corrected chi connectivity index (χ4v) is 1.74. The highest BCUT2D eigenvalue weighted by atomic mass is 31.1. The average Bonchev–Trinajstić information content (AvgIpc) is 1.98. The first kappa shape index (κ1) is 11.5. The summed E-state index contributed by atoms with van der Waals surface area (Å²) in [4.78, 5) is 21.2. The lowest BCUT2D eigenvalue weighted by atomic mass is 10.1. The van der Waals surface area contributed by atoms with Crippen molar-refractivity contribution in [1.29, 1.82) is 0 Å². The van der Waals surface area contributed by atoms with Crippen LogP contribution in [0.2, 0.25) is 0 Å². The Morgan fingerprint density at radius 1 is 1.58 bits per heavy atom. The highest BCUT2D eigenvalue weighted by Crippen LogP contribution is 2.19. The summed E-state index contributed by atoms with van der Waals surface area (Å²) in [5.41, 5.74) is 5.10. The van der Waals surface area contributed by atoms with Crippen molar-refractivity contribution in [2.75, 3.05) is 6.66 Å². The summed E-state index contributed by atoms with van der Waals surface area (Å²) in [6.07, 6.45) is 0.250. The molecule has 70 valence electrons. The molecule has 0 heterocycles. The van der Waals surface area contributed by atoms with Crippen molar-refractivity contribution < 1.29 is 14.7 Å². The van der Waals surface area contributed by atoms with E-state index in [0.717, 1.165) is 0 Å². The number of carbonyl (C=O) groups excluding carboxylic acids is 1. The van der Waals surface area contributed by atoms with Gasteiger partial charge in [0.15, 0.2) is 0 Å². The second-order valence-corrected chi connectivity index (χ2v) is 3.91. The van der Waals surface area contributed by atoms with Crippen LogP contribution in [-0.2, 0) is 9.59 Å². The highest BCUT2D eigenvalue weighted by Gasteiger charge is 2.20. The van der Waals surface area contributed by atoms with Crippen molar-refractivity contribution in [3.05, 3.63) is 0 Å². The number of Topliss-reactive ketones (excluding diaryl/α,β-unsaturated/α-hetero) is 1. The van der Waals surface area contributed by atoms with Gasteiger partial charge in [-0.15, -0.1) is 8.58 Å². The third-order valence-electron chi connectivity index (χ3n) is 1.65. The normalized spacial score (nSPS) is 16.2. The molecule has 0 aliphatic rings. The first-order valence-corrected chi connectivity index (χ1v) is 5.23. The third kappa shape index (κ3) is 3.79. The molecule has 3 N–H and O–H groups in total. The quantitative estimate of drug-likeness (QED) is 0.602. The Balaban J connectivity index is 4.02. The number of hydrogen-bond donors (Lipinski definition) is 2. The molecule has 0 aromatic rings. The van der Waals surface area contributed by atoms with Gasteiger partial charge in [0, 0.05) is 5.66 Å². The molecule has 0 aromatic carbocycles. The van der Waals surface area contributed by atoms with Crippen molar-refractivity contribution in [2.24, 2.45) is 5.73 Å². The number of ketones is 1. The second kappa shape index (κ2) is 5.22. The van der Waals surface area contributed by atoms with E-state index >= 15 is 0 Å². The van der Waals surface area contributed by atoms with E-state index in [1.54, 1.807) is 0 Å². The number of carboxylic acids is 1. The van der Waals surface area contributed by atoms with Crippen molar-refractivity contribution in [3.8, 4) is 0 Å². The van der Waals surface area contributed by atoms with Crippen LogP contribution in [-0.4, -0.2) is 35.2 Å². The van der Waals surface area contributed by atoms with Gasteiger partial charge in [-0.2, -0.15) is 0 Å². The monoisotopic (exact) mass is 191 g/mol. The minimum absolute atomic E-state index is 0.0209. The van der Waals surface area contributed by atoms with Crippen LogP contribution in [0.4, 0.5) is 0 Å². The molecule has 0 radical (unpaired) electrons. The van der Waals surface area contributed by atoms with Gasteiger partial charge in [-0.1, -0.05) is 0 Å². The number of carbonyl (C=O) groups is 2. The Morgan fingerprint density at radius 2 is 2.08 bits per heavy atom. The van der Waals surface area contributed by atoms with Crippen molar-refractivity contribution in [1.82, 2.24) is 0 Å². The van der Waals surface area contributed by atoms with Crippen molar-refractivity contribution in [3.63, 3.8) is 0 Å². The predicted octanol–water partition coefficient (Wildman–Crippen LogP) is 0.0543. The molecule has 0 saturated heterocycles. The summed E-state index contributed by atoms with van der Waals surface area (Å²) in [6, 6.07) is -0.911. The Bertz CT molecular complexity index is 183.